The molecule has 0 amide bonds. The molecular formula is C21H23NO7. The number of rotatable bonds is 9. The van der Waals surface area contributed by atoms with Crippen molar-refractivity contribution in [3.63, 3.8) is 0 Å². The standard InChI is InChI=1S/C21H23NO7/c1-4-9-28-20(23)15-11-14(12-16(13-15)21(24)29-10-5-2)17-7-6-8-18(22(25)26)19(17)27-3/h6-8,11-13H,4-5,9-10H2,1-3H3. The summed E-state index contributed by atoms with van der Waals surface area (Å²) in [6.45, 7) is 4.20. The molecule has 0 radical (unpaired) electrons. The van der Waals surface area contributed by atoms with Crippen LogP contribution in [0.1, 0.15) is 47.4 Å². The number of hydrogen-bond donors (Lipinski definition) is 0. The van der Waals surface area contributed by atoms with Crippen LogP contribution in [-0.4, -0.2) is 37.2 Å². The summed E-state index contributed by atoms with van der Waals surface area (Å²) < 4.78 is 15.6. The van der Waals surface area contributed by atoms with Gasteiger partial charge in [0.2, 0.25) is 5.75 Å². The Bertz CT molecular complexity index is 870. The lowest BCUT2D eigenvalue weighted by molar-refractivity contribution is -0.385. The molecule has 8 nitrogen and oxygen atoms in total. The Morgan fingerprint density at radius 3 is 1.97 bits per heavy atom. The van der Waals surface area contributed by atoms with Crippen LogP contribution in [0.15, 0.2) is 36.4 Å². The van der Waals surface area contributed by atoms with Gasteiger partial charge < -0.3 is 14.2 Å². The van der Waals surface area contributed by atoms with E-state index in [-0.39, 0.29) is 35.8 Å². The second-order valence-electron chi connectivity index (χ2n) is 6.19. The number of nitrogens with zero attached hydrogens (tertiary/aromatic N) is 1. The van der Waals surface area contributed by atoms with Crippen molar-refractivity contribution in [1.29, 1.82) is 0 Å². The van der Waals surface area contributed by atoms with Crippen LogP contribution in [0.2, 0.25) is 0 Å². The Labute approximate surface area is 168 Å². The van der Waals surface area contributed by atoms with Crippen LogP contribution in [-0.2, 0) is 9.47 Å². The van der Waals surface area contributed by atoms with Crippen LogP contribution in [0.4, 0.5) is 5.69 Å². The SMILES string of the molecule is CCCOC(=O)c1cc(C(=O)OCCC)cc(-c2cccc([N+](=O)[O-])c2OC)c1. The zero-order chi connectivity index (χ0) is 21.4. The van der Waals surface area contributed by atoms with Gasteiger partial charge >= 0.3 is 17.6 Å². The van der Waals surface area contributed by atoms with E-state index in [9.17, 15) is 19.7 Å². The van der Waals surface area contributed by atoms with Gasteiger partial charge in [-0.1, -0.05) is 26.0 Å². The van der Waals surface area contributed by atoms with Crippen LogP contribution < -0.4 is 4.74 Å². The van der Waals surface area contributed by atoms with E-state index in [0.29, 0.717) is 24.0 Å². The topological polar surface area (TPSA) is 105 Å². The van der Waals surface area contributed by atoms with Crippen LogP contribution >= 0.6 is 0 Å². The molecule has 154 valence electrons. The first-order valence-electron chi connectivity index (χ1n) is 9.24. The van der Waals surface area contributed by atoms with E-state index in [1.807, 2.05) is 13.8 Å². The first-order valence-corrected chi connectivity index (χ1v) is 9.24. The number of carbonyl (C=O) groups excluding carboxylic acids is 2. The van der Waals surface area contributed by atoms with Gasteiger partial charge in [0.05, 0.1) is 36.4 Å². The van der Waals surface area contributed by atoms with Crippen LogP contribution in [0.3, 0.4) is 0 Å². The number of benzene rings is 2. The molecule has 0 fully saturated rings. The van der Waals surface area contributed by atoms with E-state index in [1.165, 1.54) is 37.4 Å². The van der Waals surface area contributed by atoms with E-state index in [2.05, 4.69) is 0 Å². The van der Waals surface area contributed by atoms with E-state index in [0.717, 1.165) is 0 Å². The van der Waals surface area contributed by atoms with E-state index in [4.69, 9.17) is 14.2 Å². The third-order valence-corrected chi connectivity index (χ3v) is 3.99. The Morgan fingerprint density at radius 1 is 0.966 bits per heavy atom. The minimum absolute atomic E-state index is 0.0319. The van der Waals surface area contributed by atoms with Crippen molar-refractivity contribution in [1.82, 2.24) is 0 Å². The summed E-state index contributed by atoms with van der Waals surface area (Å²) in [7, 11) is 1.32. The van der Waals surface area contributed by atoms with Crippen molar-refractivity contribution in [3.05, 3.63) is 57.6 Å². The number of carbonyl (C=O) groups is 2. The van der Waals surface area contributed by atoms with Gasteiger partial charge in [-0.2, -0.15) is 0 Å². The predicted molar refractivity (Wildman–Crippen MR) is 106 cm³/mol. The molecule has 0 heterocycles. The van der Waals surface area contributed by atoms with Gasteiger partial charge in [0, 0.05) is 11.6 Å². The second kappa shape index (κ2) is 10.2. The van der Waals surface area contributed by atoms with Crippen molar-refractivity contribution < 1.29 is 28.7 Å². The van der Waals surface area contributed by atoms with E-state index in [1.54, 1.807) is 6.07 Å². The molecule has 2 rings (SSSR count). The molecule has 0 saturated carbocycles. The Kier molecular flexibility index (Phi) is 7.70. The smallest absolute Gasteiger partial charge is 0.338 e. The summed E-state index contributed by atoms with van der Waals surface area (Å²) in [4.78, 5) is 35.6. The van der Waals surface area contributed by atoms with Gasteiger partial charge in [-0.15, -0.1) is 0 Å². The van der Waals surface area contributed by atoms with Crippen molar-refractivity contribution in [2.75, 3.05) is 20.3 Å². The molecule has 0 aromatic heterocycles. The molecule has 0 saturated heterocycles. The highest BCUT2D eigenvalue weighted by molar-refractivity contribution is 5.98. The molecule has 0 aliphatic heterocycles. The van der Waals surface area contributed by atoms with Gasteiger partial charge in [0.15, 0.2) is 0 Å². The van der Waals surface area contributed by atoms with Crippen molar-refractivity contribution in [2.24, 2.45) is 0 Å². The van der Waals surface area contributed by atoms with Gasteiger partial charge in [0.1, 0.15) is 0 Å². The number of para-hydroxylation sites is 1. The van der Waals surface area contributed by atoms with Crippen molar-refractivity contribution in [2.45, 2.75) is 26.7 Å². The number of esters is 2. The third-order valence-electron chi connectivity index (χ3n) is 3.99. The van der Waals surface area contributed by atoms with Crippen molar-refractivity contribution >= 4 is 17.6 Å². The highest BCUT2D eigenvalue weighted by atomic mass is 16.6. The molecule has 2 aromatic rings. The molecule has 29 heavy (non-hydrogen) atoms. The molecule has 0 unspecified atom stereocenters. The van der Waals surface area contributed by atoms with Gasteiger partial charge in [-0.25, -0.2) is 9.59 Å². The summed E-state index contributed by atoms with van der Waals surface area (Å²) >= 11 is 0. The lowest BCUT2D eigenvalue weighted by Gasteiger charge is -2.12. The summed E-state index contributed by atoms with van der Waals surface area (Å²) in [6.07, 6.45) is 1.30. The minimum atomic E-state index is -0.595. The maximum absolute atomic E-state index is 12.4. The third kappa shape index (κ3) is 5.31. The Balaban J connectivity index is 2.61. The molecule has 0 aliphatic carbocycles. The Morgan fingerprint density at radius 2 is 1.52 bits per heavy atom. The zero-order valence-electron chi connectivity index (χ0n) is 16.6. The summed E-state index contributed by atoms with van der Waals surface area (Å²) in [5.41, 5.74) is 0.844. The summed E-state index contributed by atoms with van der Waals surface area (Å²) in [5.74, 6) is -1.16. The maximum atomic E-state index is 12.4. The van der Waals surface area contributed by atoms with Crippen molar-refractivity contribution in [3.8, 4) is 16.9 Å². The molecule has 8 heteroatoms. The lowest BCUT2D eigenvalue weighted by Crippen LogP contribution is -2.11. The first-order chi connectivity index (χ1) is 13.9. The number of ether oxygens (including phenoxy) is 3. The Hall–Kier alpha value is -3.42. The molecule has 0 aliphatic rings. The van der Waals surface area contributed by atoms with Gasteiger partial charge in [-0.3, -0.25) is 10.1 Å². The monoisotopic (exact) mass is 401 g/mol. The molecule has 0 N–H and O–H groups in total. The number of nitro groups is 1. The fourth-order valence-corrected chi connectivity index (χ4v) is 2.69. The molecule has 0 atom stereocenters. The summed E-state index contributed by atoms with van der Waals surface area (Å²) in [5, 5.41) is 11.3. The van der Waals surface area contributed by atoms with Crippen LogP contribution in [0.5, 0.6) is 5.75 Å². The molecular weight excluding hydrogens is 378 g/mol. The van der Waals surface area contributed by atoms with Crippen LogP contribution in [0.25, 0.3) is 11.1 Å². The zero-order valence-corrected chi connectivity index (χ0v) is 16.6. The number of nitro benzene ring substituents is 1. The quantitative estimate of drug-likeness (QED) is 0.348. The number of methoxy groups -OCH3 is 1. The van der Waals surface area contributed by atoms with Crippen LogP contribution in [0, 0.1) is 10.1 Å². The van der Waals surface area contributed by atoms with Gasteiger partial charge in [0.25, 0.3) is 0 Å². The normalized spacial score (nSPS) is 10.3. The van der Waals surface area contributed by atoms with Gasteiger partial charge in [-0.05, 0) is 36.6 Å². The summed E-state index contributed by atoms with van der Waals surface area (Å²) in [6, 6.07) is 8.85. The maximum Gasteiger partial charge on any atom is 0.338 e. The van der Waals surface area contributed by atoms with E-state index < -0.39 is 16.9 Å². The highest BCUT2D eigenvalue weighted by Gasteiger charge is 2.22. The largest absolute Gasteiger partial charge is 0.490 e. The lowest BCUT2D eigenvalue weighted by atomic mass is 9.98. The number of hydrogen-bond acceptors (Lipinski definition) is 7. The fourth-order valence-electron chi connectivity index (χ4n) is 2.69. The average Bonchev–Trinajstić information content (AvgIpc) is 2.74. The molecule has 0 bridgehead atoms. The minimum Gasteiger partial charge on any atom is -0.490 e. The molecule has 0 spiro atoms. The fraction of sp³-hybridized carbons (Fsp3) is 0.333. The average molecular weight is 401 g/mol. The van der Waals surface area contributed by atoms with E-state index >= 15 is 0 Å². The first kappa shape index (κ1) is 21.9. The highest BCUT2D eigenvalue weighted by Crippen LogP contribution is 2.38. The predicted octanol–water partition coefficient (Wildman–Crippen LogP) is 4.40. The second-order valence-corrected chi connectivity index (χ2v) is 6.19. The molecule has 2 aromatic carbocycles.